The first-order valence-electron chi connectivity index (χ1n) is 9.94. The monoisotopic (exact) mass is 513 g/mol. The molecule has 0 atom stereocenters. The summed E-state index contributed by atoms with van der Waals surface area (Å²) in [5.41, 5.74) is 3.48. The summed E-state index contributed by atoms with van der Waals surface area (Å²) >= 11 is 0. The Morgan fingerprint density at radius 3 is 2.62 bits per heavy atom. The van der Waals surface area contributed by atoms with Crippen LogP contribution in [0, 0.1) is 13.8 Å². The largest absolute Gasteiger partial charge is 0.388 e. The van der Waals surface area contributed by atoms with Crippen molar-refractivity contribution < 1.29 is 9.84 Å². The lowest BCUT2D eigenvalue weighted by molar-refractivity contribution is -0.0594. The number of benzene rings is 1. The number of hydrogen-bond acceptors (Lipinski definition) is 4. The van der Waals surface area contributed by atoms with Gasteiger partial charge in [0.15, 0.2) is 5.96 Å². The number of aliphatic imine (C=N–C) groups is 1. The number of nitrogens with zero attached hydrogens (tertiary/aromatic N) is 3. The molecule has 1 aromatic heterocycles. The van der Waals surface area contributed by atoms with E-state index in [0.29, 0.717) is 45.1 Å². The number of hydrogen-bond donors (Lipinski definition) is 3. The molecule has 1 aromatic carbocycles. The van der Waals surface area contributed by atoms with Crippen LogP contribution in [0.1, 0.15) is 36.7 Å². The van der Waals surface area contributed by atoms with Crippen LogP contribution in [0.5, 0.6) is 0 Å². The maximum atomic E-state index is 10.7. The predicted molar refractivity (Wildman–Crippen MR) is 126 cm³/mol. The number of halogens is 1. The highest BCUT2D eigenvalue weighted by Crippen LogP contribution is 2.20. The van der Waals surface area contributed by atoms with E-state index in [2.05, 4.69) is 40.9 Å². The molecule has 8 heteroatoms. The minimum absolute atomic E-state index is 0. The average Bonchev–Trinajstić information content (AvgIpc) is 3.03. The Hall–Kier alpha value is -1.65. The van der Waals surface area contributed by atoms with E-state index in [1.165, 1.54) is 0 Å². The smallest absolute Gasteiger partial charge is 0.191 e. The quantitative estimate of drug-likeness (QED) is 0.315. The van der Waals surface area contributed by atoms with Crippen LogP contribution in [0.25, 0.3) is 5.69 Å². The van der Waals surface area contributed by atoms with E-state index in [4.69, 9.17) is 9.73 Å². The molecule has 29 heavy (non-hydrogen) atoms. The van der Waals surface area contributed by atoms with Gasteiger partial charge in [-0.1, -0.05) is 18.2 Å². The van der Waals surface area contributed by atoms with Crippen molar-refractivity contribution in [2.24, 2.45) is 4.99 Å². The van der Waals surface area contributed by atoms with E-state index in [9.17, 15) is 5.11 Å². The Balaban J connectivity index is 0.00000300. The Bertz CT molecular complexity index is 815. The summed E-state index contributed by atoms with van der Waals surface area (Å²) in [5, 5.41) is 21.8. The second-order valence-corrected chi connectivity index (χ2v) is 7.35. The molecule has 3 rings (SSSR count). The first-order valence-corrected chi connectivity index (χ1v) is 9.94. The van der Waals surface area contributed by atoms with Gasteiger partial charge in [-0.15, -0.1) is 24.0 Å². The Kier molecular flexibility index (Phi) is 8.91. The van der Waals surface area contributed by atoms with Crippen molar-refractivity contribution in [2.75, 3.05) is 26.3 Å². The molecule has 7 nitrogen and oxygen atoms in total. The van der Waals surface area contributed by atoms with Crippen LogP contribution >= 0.6 is 24.0 Å². The fourth-order valence-electron chi connectivity index (χ4n) is 3.41. The molecule has 2 aromatic rings. The Labute approximate surface area is 190 Å². The van der Waals surface area contributed by atoms with Crippen LogP contribution in [-0.2, 0) is 11.3 Å². The van der Waals surface area contributed by atoms with Crippen LogP contribution in [0.3, 0.4) is 0 Å². The van der Waals surface area contributed by atoms with Crippen molar-refractivity contribution in [1.82, 2.24) is 20.4 Å². The second-order valence-electron chi connectivity index (χ2n) is 7.35. The lowest BCUT2D eigenvalue weighted by Crippen LogP contribution is -2.49. The van der Waals surface area contributed by atoms with Crippen LogP contribution in [0.2, 0.25) is 0 Å². The SMILES string of the molecule is CCNC(=NCc1ccccc1-n1nc(C)cc1C)NCC1(O)CCOCC1.I. The van der Waals surface area contributed by atoms with Crippen LogP contribution in [0.4, 0.5) is 0 Å². The molecule has 3 N–H and O–H groups in total. The molecule has 0 amide bonds. The second kappa shape index (κ2) is 10.9. The van der Waals surface area contributed by atoms with E-state index >= 15 is 0 Å². The van der Waals surface area contributed by atoms with Crippen molar-refractivity contribution in [3.8, 4) is 5.69 Å². The van der Waals surface area contributed by atoms with Gasteiger partial charge in [0.2, 0.25) is 0 Å². The number of aromatic nitrogens is 2. The zero-order valence-electron chi connectivity index (χ0n) is 17.4. The molecule has 2 heterocycles. The van der Waals surface area contributed by atoms with Crippen molar-refractivity contribution >= 4 is 29.9 Å². The molecular weight excluding hydrogens is 481 g/mol. The molecule has 0 spiro atoms. The third-order valence-corrected chi connectivity index (χ3v) is 4.99. The molecule has 0 saturated carbocycles. The first-order chi connectivity index (χ1) is 13.5. The standard InChI is InChI=1S/C21H31N5O2.HI/c1-4-22-20(24-15-21(27)9-11-28-12-10-21)23-14-18-7-5-6-8-19(18)26-17(3)13-16(2)25-26;/h5-8,13,27H,4,9-12,14-15H2,1-3H3,(H2,22,23,24);1H. The third kappa shape index (κ3) is 6.42. The Morgan fingerprint density at radius 2 is 1.97 bits per heavy atom. The fourth-order valence-corrected chi connectivity index (χ4v) is 3.41. The van der Waals surface area contributed by atoms with E-state index in [1.54, 1.807) is 0 Å². The van der Waals surface area contributed by atoms with E-state index < -0.39 is 5.60 Å². The molecule has 0 aliphatic carbocycles. The van der Waals surface area contributed by atoms with E-state index in [0.717, 1.165) is 29.2 Å². The van der Waals surface area contributed by atoms with Crippen molar-refractivity contribution in [3.05, 3.63) is 47.3 Å². The summed E-state index contributed by atoms with van der Waals surface area (Å²) < 4.78 is 7.31. The molecule has 1 fully saturated rings. The lowest BCUT2D eigenvalue weighted by atomic mass is 9.94. The van der Waals surface area contributed by atoms with E-state index in [1.807, 2.05) is 30.7 Å². The fraction of sp³-hybridized carbons (Fsp3) is 0.524. The number of aryl methyl sites for hydroxylation is 2. The summed E-state index contributed by atoms with van der Waals surface area (Å²) in [5.74, 6) is 0.700. The highest BCUT2D eigenvalue weighted by molar-refractivity contribution is 14.0. The summed E-state index contributed by atoms with van der Waals surface area (Å²) in [4.78, 5) is 4.73. The van der Waals surface area contributed by atoms with Crippen LogP contribution in [0.15, 0.2) is 35.3 Å². The van der Waals surface area contributed by atoms with Gasteiger partial charge in [-0.05, 0) is 38.5 Å². The van der Waals surface area contributed by atoms with Gasteiger partial charge in [-0.3, -0.25) is 0 Å². The maximum absolute atomic E-state index is 10.7. The summed E-state index contributed by atoms with van der Waals surface area (Å²) in [6.07, 6.45) is 1.28. The number of para-hydroxylation sites is 1. The normalized spacial score (nSPS) is 16.2. The highest BCUT2D eigenvalue weighted by atomic mass is 127. The highest BCUT2D eigenvalue weighted by Gasteiger charge is 2.29. The van der Waals surface area contributed by atoms with Gasteiger partial charge in [0.25, 0.3) is 0 Å². The Morgan fingerprint density at radius 1 is 1.24 bits per heavy atom. The van der Waals surface area contributed by atoms with Gasteiger partial charge in [0, 0.05) is 44.8 Å². The number of nitrogens with one attached hydrogen (secondary N) is 2. The minimum Gasteiger partial charge on any atom is -0.388 e. The topological polar surface area (TPSA) is 83.7 Å². The maximum Gasteiger partial charge on any atom is 0.191 e. The summed E-state index contributed by atoms with van der Waals surface area (Å²) in [6, 6.07) is 10.2. The van der Waals surface area contributed by atoms with Gasteiger partial charge in [0.1, 0.15) is 0 Å². The van der Waals surface area contributed by atoms with Gasteiger partial charge >= 0.3 is 0 Å². The van der Waals surface area contributed by atoms with Gasteiger partial charge in [-0.2, -0.15) is 5.10 Å². The third-order valence-electron chi connectivity index (χ3n) is 4.99. The van der Waals surface area contributed by atoms with Gasteiger partial charge in [-0.25, -0.2) is 9.67 Å². The molecule has 160 valence electrons. The first kappa shape index (κ1) is 23.6. The number of rotatable bonds is 6. The minimum atomic E-state index is -0.740. The lowest BCUT2D eigenvalue weighted by Gasteiger charge is -2.32. The number of guanidine groups is 1. The number of ether oxygens (including phenoxy) is 1. The molecule has 0 unspecified atom stereocenters. The average molecular weight is 513 g/mol. The zero-order valence-corrected chi connectivity index (χ0v) is 19.8. The summed E-state index contributed by atoms with van der Waals surface area (Å²) in [7, 11) is 0. The van der Waals surface area contributed by atoms with Gasteiger partial charge in [0.05, 0.1) is 23.5 Å². The molecule has 1 aliphatic heterocycles. The molecule has 1 saturated heterocycles. The van der Waals surface area contributed by atoms with Crippen molar-refractivity contribution in [1.29, 1.82) is 0 Å². The molecule has 0 bridgehead atoms. The molecule has 1 aliphatic rings. The van der Waals surface area contributed by atoms with Crippen molar-refractivity contribution in [2.45, 2.75) is 45.8 Å². The predicted octanol–water partition coefficient (Wildman–Crippen LogP) is 2.70. The summed E-state index contributed by atoms with van der Waals surface area (Å²) in [6.45, 7) is 9.02. The van der Waals surface area contributed by atoms with Crippen LogP contribution < -0.4 is 10.6 Å². The van der Waals surface area contributed by atoms with Crippen LogP contribution in [-0.4, -0.2) is 52.8 Å². The zero-order chi connectivity index (χ0) is 20.0. The van der Waals surface area contributed by atoms with E-state index in [-0.39, 0.29) is 24.0 Å². The van der Waals surface area contributed by atoms with Crippen molar-refractivity contribution in [3.63, 3.8) is 0 Å². The number of aliphatic hydroxyl groups is 1. The molecular formula is C21H32IN5O2. The molecule has 0 radical (unpaired) electrons. The van der Waals surface area contributed by atoms with Gasteiger partial charge < -0.3 is 20.5 Å².